The van der Waals surface area contributed by atoms with Gasteiger partial charge in [0.25, 0.3) is 15.9 Å². The number of amides is 1. The number of hydrogen-bond acceptors (Lipinski definition) is 3. The van der Waals surface area contributed by atoms with Crippen molar-refractivity contribution in [2.24, 2.45) is 0 Å². The summed E-state index contributed by atoms with van der Waals surface area (Å²) in [6, 6.07) is 15.2. The summed E-state index contributed by atoms with van der Waals surface area (Å²) < 4.78 is 41.4. The monoisotopic (exact) mass is 412 g/mol. The van der Waals surface area contributed by atoms with Gasteiger partial charge in [-0.25, -0.2) is 12.8 Å². The minimum absolute atomic E-state index is 0.128. The van der Waals surface area contributed by atoms with E-state index in [2.05, 4.69) is 10.0 Å². The number of hydrogen-bond donors (Lipinski definition) is 2. The number of carbonyl (C=O) groups excluding carboxylic acids is 1. The van der Waals surface area contributed by atoms with Crippen molar-refractivity contribution in [3.63, 3.8) is 0 Å². The van der Waals surface area contributed by atoms with E-state index < -0.39 is 21.7 Å². The molecule has 3 rings (SSSR count). The predicted octanol–water partition coefficient (Wildman–Crippen LogP) is 4.80. The third-order valence-electron chi connectivity index (χ3n) is 4.65. The van der Waals surface area contributed by atoms with Gasteiger partial charge in [-0.2, -0.15) is 0 Å². The van der Waals surface area contributed by atoms with E-state index in [9.17, 15) is 17.6 Å². The first-order chi connectivity index (χ1) is 13.7. The van der Waals surface area contributed by atoms with Crippen LogP contribution in [0, 0.1) is 26.6 Å². The first-order valence-electron chi connectivity index (χ1n) is 8.94. The van der Waals surface area contributed by atoms with Crippen LogP contribution in [0.3, 0.4) is 0 Å². The van der Waals surface area contributed by atoms with Gasteiger partial charge in [-0.3, -0.25) is 9.52 Å². The van der Waals surface area contributed by atoms with Crippen LogP contribution in [0.25, 0.3) is 0 Å². The molecule has 0 aliphatic carbocycles. The van der Waals surface area contributed by atoms with Gasteiger partial charge in [0.1, 0.15) is 5.82 Å². The Balaban J connectivity index is 1.89. The first-order valence-corrected chi connectivity index (χ1v) is 10.4. The minimum Gasteiger partial charge on any atom is -0.322 e. The molecule has 0 aromatic heterocycles. The highest BCUT2D eigenvalue weighted by Gasteiger charge is 2.19. The van der Waals surface area contributed by atoms with E-state index in [0.29, 0.717) is 11.3 Å². The molecule has 29 heavy (non-hydrogen) atoms. The summed E-state index contributed by atoms with van der Waals surface area (Å²) in [4.78, 5) is 12.6. The van der Waals surface area contributed by atoms with Gasteiger partial charge in [-0.1, -0.05) is 24.3 Å². The molecule has 0 atom stereocenters. The van der Waals surface area contributed by atoms with Crippen LogP contribution >= 0.6 is 0 Å². The summed E-state index contributed by atoms with van der Waals surface area (Å²) in [5.74, 6) is -1.11. The van der Waals surface area contributed by atoms with Crippen molar-refractivity contribution in [1.82, 2.24) is 0 Å². The zero-order chi connectivity index (χ0) is 21.2. The molecule has 0 aliphatic rings. The van der Waals surface area contributed by atoms with Crippen LogP contribution in [0.15, 0.2) is 65.6 Å². The van der Waals surface area contributed by atoms with E-state index in [-0.39, 0.29) is 16.1 Å². The Morgan fingerprint density at radius 1 is 0.862 bits per heavy atom. The lowest BCUT2D eigenvalue weighted by atomic mass is 10.1. The Kier molecular flexibility index (Phi) is 5.70. The number of anilines is 2. The molecule has 0 spiro atoms. The van der Waals surface area contributed by atoms with Gasteiger partial charge in [0.2, 0.25) is 0 Å². The number of aryl methyl sites for hydroxylation is 3. The fraction of sp³-hybridized carbons (Fsp3) is 0.136. The molecule has 7 heteroatoms. The van der Waals surface area contributed by atoms with Gasteiger partial charge >= 0.3 is 0 Å². The Morgan fingerprint density at radius 2 is 1.55 bits per heavy atom. The molecular weight excluding hydrogens is 391 g/mol. The van der Waals surface area contributed by atoms with Crippen LogP contribution in [0.2, 0.25) is 0 Å². The van der Waals surface area contributed by atoms with Crippen molar-refractivity contribution < 1.29 is 17.6 Å². The second-order valence-corrected chi connectivity index (χ2v) is 8.50. The maximum absolute atomic E-state index is 13.8. The highest BCUT2D eigenvalue weighted by molar-refractivity contribution is 7.92. The lowest BCUT2D eigenvalue weighted by molar-refractivity contribution is 0.102. The van der Waals surface area contributed by atoms with Gasteiger partial charge < -0.3 is 5.32 Å². The van der Waals surface area contributed by atoms with Crippen LogP contribution in [0.4, 0.5) is 15.8 Å². The maximum atomic E-state index is 13.8. The van der Waals surface area contributed by atoms with Crippen LogP contribution in [0.5, 0.6) is 0 Å². The molecule has 0 unspecified atom stereocenters. The zero-order valence-corrected chi connectivity index (χ0v) is 17.1. The fourth-order valence-electron chi connectivity index (χ4n) is 2.78. The second-order valence-electron chi connectivity index (χ2n) is 6.82. The number of benzene rings is 3. The molecule has 150 valence electrons. The fourth-order valence-corrected chi connectivity index (χ4v) is 3.87. The standard InChI is InChI=1S/C22H21FN2O3S/c1-14-8-10-17(12-16(14)3)24-22(26)19-13-18(11-9-15(19)2)29(27,28)25-21-7-5-4-6-20(21)23/h4-13,25H,1-3H3,(H,24,26). The molecule has 0 bridgehead atoms. The number of para-hydroxylation sites is 1. The molecule has 0 aliphatic heterocycles. The summed E-state index contributed by atoms with van der Waals surface area (Å²) in [5.41, 5.74) is 3.44. The second kappa shape index (κ2) is 8.05. The van der Waals surface area contributed by atoms with Crippen molar-refractivity contribution in [1.29, 1.82) is 0 Å². The molecule has 0 fully saturated rings. The van der Waals surface area contributed by atoms with Crippen molar-refractivity contribution in [3.05, 3.63) is 88.7 Å². The number of nitrogens with one attached hydrogen (secondary N) is 2. The van der Waals surface area contributed by atoms with Gasteiger partial charge in [-0.05, 0) is 73.9 Å². The smallest absolute Gasteiger partial charge is 0.262 e. The molecular formula is C22H21FN2O3S. The quantitative estimate of drug-likeness (QED) is 0.632. The van der Waals surface area contributed by atoms with E-state index >= 15 is 0 Å². The third-order valence-corrected chi connectivity index (χ3v) is 6.01. The molecule has 5 nitrogen and oxygen atoms in total. The lowest BCUT2D eigenvalue weighted by Crippen LogP contribution is -2.17. The zero-order valence-electron chi connectivity index (χ0n) is 16.3. The summed E-state index contributed by atoms with van der Waals surface area (Å²) >= 11 is 0. The SMILES string of the molecule is Cc1ccc(NC(=O)c2cc(S(=O)(=O)Nc3ccccc3F)ccc2C)cc1C. The number of carbonyl (C=O) groups is 1. The highest BCUT2D eigenvalue weighted by atomic mass is 32.2. The Bertz CT molecular complexity index is 1190. The van der Waals surface area contributed by atoms with Gasteiger partial charge in [0.05, 0.1) is 10.6 Å². The molecule has 2 N–H and O–H groups in total. The van der Waals surface area contributed by atoms with E-state index in [4.69, 9.17) is 0 Å². The molecule has 0 saturated heterocycles. The topological polar surface area (TPSA) is 75.3 Å². The minimum atomic E-state index is -4.06. The van der Waals surface area contributed by atoms with E-state index in [1.165, 1.54) is 30.3 Å². The van der Waals surface area contributed by atoms with Gasteiger partial charge in [0.15, 0.2) is 0 Å². The first kappa shape index (κ1) is 20.5. The Hall–Kier alpha value is -3.19. The van der Waals surface area contributed by atoms with E-state index in [1.807, 2.05) is 26.0 Å². The van der Waals surface area contributed by atoms with Crippen LogP contribution in [-0.2, 0) is 10.0 Å². The Morgan fingerprint density at radius 3 is 2.24 bits per heavy atom. The summed E-state index contributed by atoms with van der Waals surface area (Å²) in [7, 11) is -4.06. The predicted molar refractivity (Wildman–Crippen MR) is 112 cm³/mol. The molecule has 0 heterocycles. The van der Waals surface area contributed by atoms with Crippen molar-refractivity contribution in [2.75, 3.05) is 10.0 Å². The molecule has 3 aromatic carbocycles. The van der Waals surface area contributed by atoms with E-state index in [0.717, 1.165) is 17.2 Å². The highest BCUT2D eigenvalue weighted by Crippen LogP contribution is 2.22. The Labute approximate surface area is 169 Å². The van der Waals surface area contributed by atoms with Crippen molar-refractivity contribution in [3.8, 4) is 0 Å². The lowest BCUT2D eigenvalue weighted by Gasteiger charge is -2.13. The maximum Gasteiger partial charge on any atom is 0.262 e. The average Bonchev–Trinajstić information content (AvgIpc) is 2.66. The average molecular weight is 412 g/mol. The normalized spacial score (nSPS) is 11.2. The summed E-state index contributed by atoms with van der Waals surface area (Å²) in [6.45, 7) is 5.63. The van der Waals surface area contributed by atoms with Crippen LogP contribution in [-0.4, -0.2) is 14.3 Å². The number of sulfonamides is 1. The van der Waals surface area contributed by atoms with Crippen molar-refractivity contribution >= 4 is 27.3 Å². The summed E-state index contributed by atoms with van der Waals surface area (Å²) in [5, 5.41) is 2.79. The molecule has 1 amide bonds. The number of halogens is 1. The van der Waals surface area contributed by atoms with Crippen molar-refractivity contribution in [2.45, 2.75) is 25.7 Å². The molecule has 0 saturated carbocycles. The number of rotatable bonds is 5. The van der Waals surface area contributed by atoms with Crippen LogP contribution < -0.4 is 10.0 Å². The van der Waals surface area contributed by atoms with Gasteiger partial charge in [-0.15, -0.1) is 0 Å². The molecule has 0 radical (unpaired) electrons. The summed E-state index contributed by atoms with van der Waals surface area (Å²) in [6.07, 6.45) is 0. The third kappa shape index (κ3) is 4.63. The largest absolute Gasteiger partial charge is 0.322 e. The van der Waals surface area contributed by atoms with Gasteiger partial charge in [0, 0.05) is 11.3 Å². The van der Waals surface area contributed by atoms with Crippen LogP contribution in [0.1, 0.15) is 27.0 Å². The van der Waals surface area contributed by atoms with E-state index in [1.54, 1.807) is 19.1 Å². The molecule has 3 aromatic rings.